The summed E-state index contributed by atoms with van der Waals surface area (Å²) in [5, 5.41) is 0. The molecule has 3 aliphatic rings. The molecular weight excluding hydrogens is 352 g/mol. The van der Waals surface area contributed by atoms with Crippen LogP contribution in [0.1, 0.15) is 24.0 Å². The number of ether oxygens (including phenoxy) is 2. The summed E-state index contributed by atoms with van der Waals surface area (Å²) in [5.41, 5.74) is 2.86. The van der Waals surface area contributed by atoms with Crippen molar-refractivity contribution in [3.8, 4) is 0 Å². The second-order valence-electron chi connectivity index (χ2n) is 7.91. The molecule has 2 aliphatic heterocycles. The third kappa shape index (κ3) is 3.25. The van der Waals surface area contributed by atoms with Gasteiger partial charge in [-0.05, 0) is 36.1 Å². The Hall–Kier alpha value is -2.50. The quantitative estimate of drug-likeness (QED) is 0.823. The van der Waals surface area contributed by atoms with Gasteiger partial charge in [0.15, 0.2) is 5.78 Å². The Morgan fingerprint density at radius 3 is 2.71 bits per heavy atom. The molecule has 0 amide bonds. The highest BCUT2D eigenvalue weighted by molar-refractivity contribution is 6.22. The van der Waals surface area contributed by atoms with E-state index in [1.54, 1.807) is 6.26 Å². The number of carbonyl (C=O) groups is 1. The fourth-order valence-corrected chi connectivity index (χ4v) is 4.78. The van der Waals surface area contributed by atoms with E-state index in [0.29, 0.717) is 12.3 Å². The lowest BCUT2D eigenvalue weighted by Crippen LogP contribution is -2.56. The summed E-state index contributed by atoms with van der Waals surface area (Å²) in [7, 11) is 0. The largest absolute Gasteiger partial charge is 0.496 e. The lowest BCUT2D eigenvalue weighted by Gasteiger charge is -2.48. The van der Waals surface area contributed by atoms with Crippen molar-refractivity contribution >= 4 is 11.4 Å². The van der Waals surface area contributed by atoms with Gasteiger partial charge in [-0.25, -0.2) is 0 Å². The molecule has 5 nitrogen and oxygen atoms in total. The molecule has 0 spiro atoms. The molecule has 1 saturated heterocycles. The normalized spacial score (nSPS) is 30.0. The number of benzene rings is 1. The van der Waals surface area contributed by atoms with Gasteiger partial charge in [0.25, 0.3) is 0 Å². The zero-order valence-corrected chi connectivity index (χ0v) is 15.7. The number of allylic oxidation sites excluding steroid dienone is 1. The molecule has 28 heavy (non-hydrogen) atoms. The van der Waals surface area contributed by atoms with Gasteiger partial charge in [0.2, 0.25) is 0 Å². The van der Waals surface area contributed by atoms with Crippen LogP contribution in [-0.2, 0) is 20.8 Å². The van der Waals surface area contributed by atoms with Gasteiger partial charge < -0.3 is 9.47 Å². The van der Waals surface area contributed by atoms with E-state index in [9.17, 15) is 4.79 Å². The Balaban J connectivity index is 1.34. The molecular formula is C23H24N2O3. The zero-order chi connectivity index (χ0) is 18.9. The molecule has 2 aromatic rings. The number of pyridine rings is 1. The lowest BCUT2D eigenvalue weighted by molar-refractivity contribution is -0.171. The standard InChI is InChI=1S/C23H24N2O3/c26-22-18-6-7-21-19(13-25(15-28-21)12-16-8-10-24-11-9-16)23(18)27-14-20(22)17-4-2-1-3-5-17/h1-5,8-11,14,18-19,21,23H,6-7,12-13,15H2. The minimum atomic E-state index is -0.0982. The molecule has 1 aromatic heterocycles. The molecule has 1 saturated carbocycles. The predicted octanol–water partition coefficient (Wildman–Crippen LogP) is 3.28. The molecule has 1 aliphatic carbocycles. The topological polar surface area (TPSA) is 51.7 Å². The summed E-state index contributed by atoms with van der Waals surface area (Å²) >= 11 is 0. The lowest BCUT2D eigenvalue weighted by atomic mass is 9.71. The maximum Gasteiger partial charge on any atom is 0.173 e. The number of aromatic nitrogens is 1. The van der Waals surface area contributed by atoms with Crippen molar-refractivity contribution in [1.82, 2.24) is 9.88 Å². The number of hydrogen-bond donors (Lipinski definition) is 0. The van der Waals surface area contributed by atoms with Crippen molar-refractivity contribution in [3.63, 3.8) is 0 Å². The highest BCUT2D eigenvalue weighted by Gasteiger charge is 2.48. The number of Topliss-reactive ketones (excluding diaryl/α,β-unsaturated/α-hetero) is 1. The first-order valence-corrected chi connectivity index (χ1v) is 9.98. The molecule has 0 radical (unpaired) electrons. The summed E-state index contributed by atoms with van der Waals surface area (Å²) in [6.07, 6.45) is 7.15. The number of hydrogen-bond acceptors (Lipinski definition) is 5. The number of nitrogens with zero attached hydrogens (tertiary/aromatic N) is 2. The average Bonchev–Trinajstić information content (AvgIpc) is 2.75. The Morgan fingerprint density at radius 2 is 1.89 bits per heavy atom. The average molecular weight is 376 g/mol. The van der Waals surface area contributed by atoms with Crippen LogP contribution < -0.4 is 0 Å². The fourth-order valence-electron chi connectivity index (χ4n) is 4.78. The van der Waals surface area contributed by atoms with Gasteiger partial charge in [-0.15, -0.1) is 0 Å². The summed E-state index contributed by atoms with van der Waals surface area (Å²) < 4.78 is 12.3. The molecule has 0 bridgehead atoms. The van der Waals surface area contributed by atoms with Crippen LogP contribution in [0.4, 0.5) is 0 Å². The number of carbonyl (C=O) groups excluding carboxylic acids is 1. The molecule has 144 valence electrons. The number of rotatable bonds is 3. The Labute approximate surface area is 165 Å². The third-order valence-electron chi connectivity index (χ3n) is 6.18. The minimum absolute atomic E-state index is 0.0778. The maximum absolute atomic E-state index is 13.2. The second kappa shape index (κ2) is 7.49. The monoisotopic (exact) mass is 376 g/mol. The van der Waals surface area contributed by atoms with Gasteiger partial charge in [0.05, 0.1) is 30.6 Å². The van der Waals surface area contributed by atoms with Gasteiger partial charge in [0.1, 0.15) is 6.10 Å². The molecule has 4 atom stereocenters. The second-order valence-corrected chi connectivity index (χ2v) is 7.91. The van der Waals surface area contributed by atoms with Crippen molar-refractivity contribution in [2.45, 2.75) is 31.6 Å². The van der Waals surface area contributed by atoms with Crippen molar-refractivity contribution in [3.05, 3.63) is 72.2 Å². The van der Waals surface area contributed by atoms with Crippen LogP contribution in [0.3, 0.4) is 0 Å². The fraction of sp³-hybridized carbons (Fsp3) is 0.391. The van der Waals surface area contributed by atoms with Crippen molar-refractivity contribution in [2.75, 3.05) is 13.3 Å². The Bertz CT molecular complexity index is 868. The summed E-state index contributed by atoms with van der Waals surface area (Å²) in [4.78, 5) is 19.6. The van der Waals surface area contributed by atoms with E-state index in [-0.39, 0.29) is 29.8 Å². The van der Waals surface area contributed by atoms with Crippen LogP contribution in [0.25, 0.3) is 5.57 Å². The van der Waals surface area contributed by atoms with E-state index >= 15 is 0 Å². The van der Waals surface area contributed by atoms with Crippen LogP contribution in [0.15, 0.2) is 61.1 Å². The van der Waals surface area contributed by atoms with Gasteiger partial charge >= 0.3 is 0 Å². The number of fused-ring (bicyclic) bond motifs is 3. The molecule has 5 heteroatoms. The van der Waals surface area contributed by atoms with Gasteiger partial charge in [-0.3, -0.25) is 14.7 Å². The van der Waals surface area contributed by atoms with Crippen LogP contribution in [0, 0.1) is 11.8 Å². The first-order valence-electron chi connectivity index (χ1n) is 9.98. The molecule has 4 unspecified atom stereocenters. The van der Waals surface area contributed by atoms with Crippen molar-refractivity contribution < 1.29 is 14.3 Å². The van der Waals surface area contributed by atoms with Crippen LogP contribution in [-0.4, -0.2) is 41.2 Å². The van der Waals surface area contributed by atoms with E-state index in [1.165, 1.54) is 5.56 Å². The van der Waals surface area contributed by atoms with Gasteiger partial charge in [-0.2, -0.15) is 0 Å². The van der Waals surface area contributed by atoms with E-state index < -0.39 is 0 Å². The van der Waals surface area contributed by atoms with Crippen LogP contribution >= 0.6 is 0 Å². The molecule has 1 aromatic carbocycles. The Morgan fingerprint density at radius 1 is 1.07 bits per heavy atom. The van der Waals surface area contributed by atoms with Gasteiger partial charge in [-0.1, -0.05) is 30.3 Å². The van der Waals surface area contributed by atoms with E-state index in [2.05, 4.69) is 9.88 Å². The predicted molar refractivity (Wildman–Crippen MR) is 105 cm³/mol. The van der Waals surface area contributed by atoms with E-state index in [4.69, 9.17) is 9.47 Å². The smallest absolute Gasteiger partial charge is 0.173 e. The SMILES string of the molecule is O=C1C(c2ccccc2)=COC2C1CCC1OCN(Cc3ccncc3)CC12. The van der Waals surface area contributed by atoms with E-state index in [0.717, 1.165) is 31.5 Å². The van der Waals surface area contributed by atoms with Crippen molar-refractivity contribution in [1.29, 1.82) is 0 Å². The minimum Gasteiger partial charge on any atom is -0.496 e. The third-order valence-corrected chi connectivity index (χ3v) is 6.18. The first-order chi connectivity index (χ1) is 13.8. The summed E-state index contributed by atoms with van der Waals surface area (Å²) in [6.45, 7) is 2.33. The zero-order valence-electron chi connectivity index (χ0n) is 15.7. The van der Waals surface area contributed by atoms with Crippen molar-refractivity contribution in [2.24, 2.45) is 11.8 Å². The van der Waals surface area contributed by atoms with E-state index in [1.807, 2.05) is 54.9 Å². The first kappa shape index (κ1) is 17.6. The summed E-state index contributed by atoms with van der Waals surface area (Å²) in [5.74, 6) is 0.352. The highest BCUT2D eigenvalue weighted by Crippen LogP contribution is 2.42. The molecule has 5 rings (SSSR count). The van der Waals surface area contributed by atoms with Crippen LogP contribution in [0.2, 0.25) is 0 Å². The number of ketones is 1. The Kier molecular flexibility index (Phi) is 4.71. The molecule has 2 fully saturated rings. The van der Waals surface area contributed by atoms with Crippen LogP contribution in [0.5, 0.6) is 0 Å². The maximum atomic E-state index is 13.2. The molecule has 0 N–H and O–H groups in total. The van der Waals surface area contributed by atoms with Gasteiger partial charge in [0, 0.05) is 31.4 Å². The highest BCUT2D eigenvalue weighted by atomic mass is 16.5. The molecule has 3 heterocycles. The summed E-state index contributed by atoms with van der Waals surface area (Å²) in [6, 6.07) is 13.9.